The molecular formula is C17H13N3O3. The standard InChI is InChI=1S/C17H13N3O3/c21-17(14-8-11-4-1-2-5-13(11)19-14)18-10-12-9-16(23-20-12)15-6-3-7-22-15/h1-9,19H,10H2,(H,18,21). The van der Waals surface area contributed by atoms with Gasteiger partial charge in [0.15, 0.2) is 5.76 Å². The lowest BCUT2D eigenvalue weighted by Crippen LogP contribution is -2.23. The zero-order valence-electron chi connectivity index (χ0n) is 12.1. The van der Waals surface area contributed by atoms with E-state index in [2.05, 4.69) is 15.5 Å². The number of furan rings is 1. The first-order chi connectivity index (χ1) is 11.3. The highest BCUT2D eigenvalue weighted by atomic mass is 16.5. The molecule has 2 N–H and O–H groups in total. The number of benzene rings is 1. The van der Waals surface area contributed by atoms with Gasteiger partial charge < -0.3 is 19.2 Å². The molecule has 0 spiro atoms. The molecular weight excluding hydrogens is 294 g/mol. The molecule has 4 rings (SSSR count). The molecule has 1 amide bonds. The van der Waals surface area contributed by atoms with E-state index in [1.54, 1.807) is 24.5 Å². The van der Waals surface area contributed by atoms with E-state index >= 15 is 0 Å². The minimum Gasteiger partial charge on any atom is -0.461 e. The average Bonchev–Trinajstić information content (AvgIpc) is 3.31. The third-order valence-electron chi connectivity index (χ3n) is 3.53. The normalized spacial score (nSPS) is 11.0. The fourth-order valence-electron chi connectivity index (χ4n) is 2.39. The second-order valence-corrected chi connectivity index (χ2v) is 5.11. The first-order valence-electron chi connectivity index (χ1n) is 7.15. The van der Waals surface area contributed by atoms with Crippen LogP contribution >= 0.6 is 0 Å². The number of carbonyl (C=O) groups is 1. The topological polar surface area (TPSA) is 84.1 Å². The Labute approximate surface area is 131 Å². The molecule has 0 saturated carbocycles. The van der Waals surface area contributed by atoms with Crippen molar-refractivity contribution in [2.75, 3.05) is 0 Å². The van der Waals surface area contributed by atoms with Gasteiger partial charge in [0.05, 0.1) is 12.8 Å². The highest BCUT2D eigenvalue weighted by Gasteiger charge is 2.12. The van der Waals surface area contributed by atoms with Crippen LogP contribution in [-0.4, -0.2) is 16.0 Å². The number of aromatic nitrogens is 2. The van der Waals surface area contributed by atoms with Gasteiger partial charge in [-0.3, -0.25) is 4.79 Å². The Hall–Kier alpha value is -3.28. The van der Waals surface area contributed by atoms with Crippen LogP contribution in [0.3, 0.4) is 0 Å². The summed E-state index contributed by atoms with van der Waals surface area (Å²) in [6.45, 7) is 0.276. The third-order valence-corrected chi connectivity index (χ3v) is 3.53. The summed E-state index contributed by atoms with van der Waals surface area (Å²) in [5.41, 5.74) is 2.07. The predicted molar refractivity (Wildman–Crippen MR) is 83.7 cm³/mol. The fourth-order valence-corrected chi connectivity index (χ4v) is 2.39. The number of fused-ring (bicyclic) bond motifs is 1. The van der Waals surface area contributed by atoms with Gasteiger partial charge in [0.25, 0.3) is 5.91 Å². The van der Waals surface area contributed by atoms with Crippen LogP contribution < -0.4 is 5.32 Å². The van der Waals surface area contributed by atoms with E-state index < -0.39 is 0 Å². The van der Waals surface area contributed by atoms with Gasteiger partial charge in [-0.15, -0.1) is 0 Å². The first kappa shape index (κ1) is 13.4. The van der Waals surface area contributed by atoms with Gasteiger partial charge in [0.1, 0.15) is 11.4 Å². The lowest BCUT2D eigenvalue weighted by Gasteiger charge is -1.99. The van der Waals surface area contributed by atoms with Crippen molar-refractivity contribution >= 4 is 16.8 Å². The van der Waals surface area contributed by atoms with E-state index in [1.807, 2.05) is 30.3 Å². The second-order valence-electron chi connectivity index (χ2n) is 5.11. The number of nitrogens with zero attached hydrogens (tertiary/aromatic N) is 1. The van der Waals surface area contributed by atoms with E-state index in [9.17, 15) is 4.79 Å². The van der Waals surface area contributed by atoms with Crippen molar-refractivity contribution in [3.63, 3.8) is 0 Å². The van der Waals surface area contributed by atoms with Crippen molar-refractivity contribution in [3.8, 4) is 11.5 Å². The van der Waals surface area contributed by atoms with Gasteiger partial charge >= 0.3 is 0 Å². The number of nitrogens with one attached hydrogen (secondary N) is 2. The minimum absolute atomic E-state index is 0.191. The van der Waals surface area contributed by atoms with Gasteiger partial charge in [-0.1, -0.05) is 23.4 Å². The molecule has 0 bridgehead atoms. The molecule has 0 aliphatic carbocycles. The maximum absolute atomic E-state index is 12.2. The molecule has 0 unspecified atom stereocenters. The number of para-hydroxylation sites is 1. The summed E-state index contributed by atoms with van der Waals surface area (Å²) in [4.78, 5) is 15.3. The molecule has 0 radical (unpaired) electrons. The van der Waals surface area contributed by atoms with E-state index in [0.29, 0.717) is 22.9 Å². The highest BCUT2D eigenvalue weighted by Crippen LogP contribution is 2.20. The van der Waals surface area contributed by atoms with Crippen LogP contribution in [0.25, 0.3) is 22.4 Å². The Morgan fingerprint density at radius 1 is 1.13 bits per heavy atom. The smallest absolute Gasteiger partial charge is 0.268 e. The summed E-state index contributed by atoms with van der Waals surface area (Å²) in [6.07, 6.45) is 1.56. The van der Waals surface area contributed by atoms with E-state index in [-0.39, 0.29) is 12.5 Å². The van der Waals surface area contributed by atoms with E-state index in [0.717, 1.165) is 10.9 Å². The van der Waals surface area contributed by atoms with Gasteiger partial charge in [0, 0.05) is 17.0 Å². The molecule has 0 aliphatic heterocycles. The lowest BCUT2D eigenvalue weighted by molar-refractivity contribution is 0.0946. The molecule has 0 aliphatic rings. The zero-order chi connectivity index (χ0) is 15.6. The van der Waals surface area contributed by atoms with Gasteiger partial charge in [0.2, 0.25) is 5.76 Å². The Morgan fingerprint density at radius 3 is 2.87 bits per heavy atom. The highest BCUT2D eigenvalue weighted by molar-refractivity contribution is 5.97. The third kappa shape index (κ3) is 2.62. The van der Waals surface area contributed by atoms with Crippen LogP contribution in [0.15, 0.2) is 63.7 Å². The molecule has 0 atom stereocenters. The van der Waals surface area contributed by atoms with Gasteiger partial charge in [-0.2, -0.15) is 0 Å². The maximum atomic E-state index is 12.2. The van der Waals surface area contributed by atoms with Crippen molar-refractivity contribution < 1.29 is 13.7 Å². The van der Waals surface area contributed by atoms with Gasteiger partial charge in [-0.25, -0.2) is 0 Å². The number of hydrogen-bond donors (Lipinski definition) is 2. The fraction of sp³-hybridized carbons (Fsp3) is 0.0588. The average molecular weight is 307 g/mol. The Bertz CT molecular complexity index is 917. The number of rotatable bonds is 4. The summed E-state index contributed by atoms with van der Waals surface area (Å²) in [7, 11) is 0. The second kappa shape index (κ2) is 5.49. The van der Waals surface area contributed by atoms with Crippen LogP contribution in [0, 0.1) is 0 Å². The predicted octanol–water partition coefficient (Wildman–Crippen LogP) is 3.35. The van der Waals surface area contributed by atoms with Crippen LogP contribution in [0.5, 0.6) is 0 Å². The van der Waals surface area contributed by atoms with Crippen molar-refractivity contribution in [1.82, 2.24) is 15.5 Å². The molecule has 3 heterocycles. The molecule has 0 saturated heterocycles. The molecule has 6 nitrogen and oxygen atoms in total. The zero-order valence-corrected chi connectivity index (χ0v) is 12.1. The summed E-state index contributed by atoms with van der Waals surface area (Å²) in [5, 5.41) is 7.73. The van der Waals surface area contributed by atoms with Crippen molar-refractivity contribution in [1.29, 1.82) is 0 Å². The summed E-state index contributed by atoms with van der Waals surface area (Å²) >= 11 is 0. The minimum atomic E-state index is -0.191. The van der Waals surface area contributed by atoms with Crippen LogP contribution in [0.4, 0.5) is 0 Å². The maximum Gasteiger partial charge on any atom is 0.268 e. The van der Waals surface area contributed by atoms with Crippen LogP contribution in [0.2, 0.25) is 0 Å². The van der Waals surface area contributed by atoms with Crippen molar-refractivity contribution in [2.45, 2.75) is 6.54 Å². The lowest BCUT2D eigenvalue weighted by atomic mass is 10.2. The summed E-state index contributed by atoms with van der Waals surface area (Å²) < 4.78 is 10.4. The summed E-state index contributed by atoms with van der Waals surface area (Å²) in [6, 6.07) is 14.9. The molecule has 3 aromatic heterocycles. The Morgan fingerprint density at radius 2 is 2.04 bits per heavy atom. The molecule has 1 aromatic carbocycles. The molecule has 114 valence electrons. The van der Waals surface area contributed by atoms with Crippen molar-refractivity contribution in [3.05, 3.63) is 66.2 Å². The molecule has 4 aromatic rings. The number of hydrogen-bond acceptors (Lipinski definition) is 4. The van der Waals surface area contributed by atoms with Crippen LogP contribution in [-0.2, 0) is 6.54 Å². The van der Waals surface area contributed by atoms with Gasteiger partial charge in [-0.05, 0) is 24.3 Å². The molecule has 6 heteroatoms. The first-order valence-corrected chi connectivity index (χ1v) is 7.15. The van der Waals surface area contributed by atoms with Crippen molar-refractivity contribution in [2.24, 2.45) is 0 Å². The number of amides is 1. The van der Waals surface area contributed by atoms with E-state index in [4.69, 9.17) is 8.94 Å². The molecule has 23 heavy (non-hydrogen) atoms. The Kier molecular flexibility index (Phi) is 3.20. The molecule has 0 fully saturated rings. The number of H-pyrrole nitrogens is 1. The Balaban J connectivity index is 1.45. The SMILES string of the molecule is O=C(NCc1cc(-c2ccco2)on1)c1cc2ccccc2[nH]1. The number of aromatic amines is 1. The monoisotopic (exact) mass is 307 g/mol. The largest absolute Gasteiger partial charge is 0.461 e. The summed E-state index contributed by atoms with van der Waals surface area (Å²) in [5.74, 6) is 0.944. The van der Waals surface area contributed by atoms with Crippen LogP contribution in [0.1, 0.15) is 16.2 Å². The number of carbonyl (C=O) groups excluding carboxylic acids is 1. The van der Waals surface area contributed by atoms with E-state index in [1.165, 1.54) is 0 Å². The quantitative estimate of drug-likeness (QED) is 0.605.